The maximum absolute atomic E-state index is 9.17. The summed E-state index contributed by atoms with van der Waals surface area (Å²) in [6, 6.07) is 8.90. The third-order valence-electron chi connectivity index (χ3n) is 4.69. The lowest BCUT2D eigenvalue weighted by atomic mass is 9.94. The van der Waals surface area contributed by atoms with Gasteiger partial charge in [-0.15, -0.1) is 0 Å². The second-order valence-electron chi connectivity index (χ2n) is 9.38. The average Bonchev–Trinajstić information content (AvgIpc) is 2.83. The molecule has 0 aliphatic carbocycles. The molecule has 1 unspecified atom stereocenters. The van der Waals surface area contributed by atoms with E-state index in [0.717, 1.165) is 18.8 Å². The number of hydrogen-bond acceptors (Lipinski definition) is 3. The number of rotatable bonds is 12. The van der Waals surface area contributed by atoms with Gasteiger partial charge in [0.15, 0.2) is 0 Å². The van der Waals surface area contributed by atoms with Crippen LogP contribution in [0, 0.1) is 5.92 Å². The van der Waals surface area contributed by atoms with Crippen molar-refractivity contribution in [1.29, 1.82) is 0 Å². The van der Waals surface area contributed by atoms with Gasteiger partial charge in [-0.05, 0) is 49.7 Å². The molecule has 0 heterocycles. The van der Waals surface area contributed by atoms with E-state index in [1.807, 2.05) is 27.6 Å². The molecule has 0 amide bonds. The fourth-order valence-corrected chi connectivity index (χ4v) is 2.49. The van der Waals surface area contributed by atoms with Crippen LogP contribution in [-0.2, 0) is 17.6 Å². The van der Waals surface area contributed by atoms with Gasteiger partial charge < -0.3 is 15.6 Å². The molecule has 198 valence electrons. The standard InChI is InChI=1S/C19H33NO.2C4H10.C2H6.CH2O/c1-3-4-5-6-7-8-9-17-10-12-18(13-11-17)14-15-19(2,20)16-21;1-4(2)3;1-3-4-2;2*1-2/h10-13,21H,3-9,14-16,20H2,1-2H3;4H,1-3H3;3-4H2,1-2H3;1-2H3;1H2. The number of hydrogen-bond donors (Lipinski definition) is 2. The topological polar surface area (TPSA) is 63.3 Å². The van der Waals surface area contributed by atoms with E-state index in [-0.39, 0.29) is 6.61 Å². The quantitative estimate of drug-likeness (QED) is 0.303. The summed E-state index contributed by atoms with van der Waals surface area (Å²) in [4.78, 5) is 8.00. The Hall–Kier alpha value is -1.19. The first-order valence-electron chi connectivity index (χ1n) is 13.5. The van der Waals surface area contributed by atoms with E-state index in [9.17, 15) is 0 Å². The van der Waals surface area contributed by atoms with Crippen LogP contribution in [-0.4, -0.2) is 24.0 Å². The lowest BCUT2D eigenvalue weighted by Gasteiger charge is -2.21. The molecule has 0 fully saturated rings. The van der Waals surface area contributed by atoms with E-state index in [1.54, 1.807) is 0 Å². The summed E-state index contributed by atoms with van der Waals surface area (Å²) in [6.07, 6.45) is 13.7. The van der Waals surface area contributed by atoms with Crippen LogP contribution in [0.2, 0.25) is 0 Å². The van der Waals surface area contributed by atoms with Crippen molar-refractivity contribution in [2.24, 2.45) is 11.7 Å². The molecule has 1 rings (SSSR count). The van der Waals surface area contributed by atoms with Gasteiger partial charge in [0.25, 0.3) is 0 Å². The molecule has 3 heteroatoms. The van der Waals surface area contributed by atoms with Gasteiger partial charge in [-0.25, -0.2) is 0 Å². The zero-order valence-electron chi connectivity index (χ0n) is 24.0. The number of aliphatic hydroxyl groups excluding tert-OH is 1. The highest BCUT2D eigenvalue weighted by atomic mass is 16.3. The molecule has 3 nitrogen and oxygen atoms in total. The summed E-state index contributed by atoms with van der Waals surface area (Å²) >= 11 is 0. The second-order valence-corrected chi connectivity index (χ2v) is 9.38. The van der Waals surface area contributed by atoms with Crippen molar-refractivity contribution >= 4 is 6.79 Å². The van der Waals surface area contributed by atoms with Gasteiger partial charge in [0.2, 0.25) is 0 Å². The summed E-state index contributed by atoms with van der Waals surface area (Å²) in [6.45, 7) is 21.1. The molecule has 0 spiro atoms. The monoisotopic (exact) mass is 467 g/mol. The van der Waals surface area contributed by atoms with Gasteiger partial charge in [0.05, 0.1) is 6.61 Å². The minimum Gasteiger partial charge on any atom is -0.394 e. The van der Waals surface area contributed by atoms with Crippen LogP contribution in [0.1, 0.15) is 131 Å². The molecule has 1 atom stereocenters. The maximum Gasteiger partial charge on any atom is 0.106 e. The predicted octanol–water partition coefficient (Wildman–Crippen LogP) is 8.54. The van der Waals surface area contributed by atoms with Gasteiger partial charge >= 0.3 is 0 Å². The van der Waals surface area contributed by atoms with Crippen LogP contribution < -0.4 is 5.73 Å². The Morgan fingerprint density at radius 3 is 1.52 bits per heavy atom. The fraction of sp³-hybridized carbons (Fsp3) is 0.767. The Balaban J connectivity index is -0.000000293. The van der Waals surface area contributed by atoms with Crippen LogP contribution in [0.25, 0.3) is 0 Å². The molecular weight excluding hydrogens is 406 g/mol. The highest BCUT2D eigenvalue weighted by Crippen LogP contribution is 2.14. The molecule has 0 aliphatic rings. The molecule has 0 saturated heterocycles. The van der Waals surface area contributed by atoms with Gasteiger partial charge in [-0.2, -0.15) is 0 Å². The van der Waals surface area contributed by atoms with Crippen LogP contribution in [0.4, 0.5) is 0 Å². The van der Waals surface area contributed by atoms with Crippen LogP contribution in [0.3, 0.4) is 0 Å². The fourth-order valence-electron chi connectivity index (χ4n) is 2.49. The number of benzene rings is 1. The van der Waals surface area contributed by atoms with Crippen molar-refractivity contribution in [3.05, 3.63) is 35.4 Å². The predicted molar refractivity (Wildman–Crippen MR) is 151 cm³/mol. The highest BCUT2D eigenvalue weighted by molar-refractivity contribution is 5.23. The first-order valence-corrected chi connectivity index (χ1v) is 13.5. The lowest BCUT2D eigenvalue weighted by Crippen LogP contribution is -2.40. The van der Waals surface area contributed by atoms with Crippen LogP contribution in [0.5, 0.6) is 0 Å². The smallest absolute Gasteiger partial charge is 0.106 e. The molecule has 0 saturated carbocycles. The average molecular weight is 468 g/mol. The van der Waals surface area contributed by atoms with Crippen molar-refractivity contribution in [3.8, 4) is 0 Å². The SMILES string of the molecule is C=O.CC.CC(C)C.CCCC.CCCCCCCCc1ccc(CCC(C)(N)CO)cc1. The van der Waals surface area contributed by atoms with E-state index in [0.29, 0.717) is 0 Å². The minimum absolute atomic E-state index is 0.0448. The highest BCUT2D eigenvalue weighted by Gasteiger charge is 2.16. The summed E-state index contributed by atoms with van der Waals surface area (Å²) < 4.78 is 0. The molecule has 0 bridgehead atoms. The largest absolute Gasteiger partial charge is 0.394 e. The lowest BCUT2D eigenvalue weighted by molar-refractivity contribution is -0.0980. The molecule has 0 aliphatic heterocycles. The van der Waals surface area contributed by atoms with Crippen LogP contribution in [0.15, 0.2) is 24.3 Å². The van der Waals surface area contributed by atoms with Crippen LogP contribution >= 0.6 is 0 Å². The zero-order chi connectivity index (χ0) is 26.5. The number of aryl methyl sites for hydroxylation is 2. The number of unbranched alkanes of at least 4 members (excludes halogenated alkanes) is 6. The Bertz CT molecular complexity index is 450. The first-order chi connectivity index (χ1) is 15.7. The van der Waals surface area contributed by atoms with Gasteiger partial charge in [0, 0.05) is 5.54 Å². The van der Waals surface area contributed by atoms with Crippen molar-refractivity contribution in [1.82, 2.24) is 0 Å². The van der Waals surface area contributed by atoms with Gasteiger partial charge in [0.1, 0.15) is 6.79 Å². The van der Waals surface area contributed by atoms with E-state index < -0.39 is 5.54 Å². The molecule has 1 aromatic rings. The van der Waals surface area contributed by atoms with E-state index in [2.05, 4.69) is 65.8 Å². The Kier molecular flexibility index (Phi) is 36.5. The third-order valence-corrected chi connectivity index (χ3v) is 4.69. The molecule has 1 aromatic carbocycles. The van der Waals surface area contributed by atoms with E-state index in [1.165, 1.54) is 68.9 Å². The molecule has 0 radical (unpaired) electrons. The molecule has 33 heavy (non-hydrogen) atoms. The number of aliphatic hydroxyl groups is 1. The summed E-state index contributed by atoms with van der Waals surface area (Å²) in [7, 11) is 0. The van der Waals surface area contributed by atoms with Crippen molar-refractivity contribution < 1.29 is 9.90 Å². The first kappa shape index (κ1) is 39.0. The Labute approximate surface area is 209 Å². The summed E-state index contributed by atoms with van der Waals surface area (Å²) in [5.74, 6) is 0.833. The molecule has 3 N–H and O–H groups in total. The minimum atomic E-state index is -0.461. The van der Waals surface area contributed by atoms with Gasteiger partial charge in [-0.1, -0.05) is 125 Å². The maximum atomic E-state index is 9.17. The van der Waals surface area contributed by atoms with Crippen molar-refractivity contribution in [2.45, 2.75) is 138 Å². The summed E-state index contributed by atoms with van der Waals surface area (Å²) in [5.41, 5.74) is 8.25. The molecule has 0 aromatic heterocycles. The number of carbonyl (C=O) groups is 1. The normalized spacial score (nSPS) is 11.3. The zero-order valence-corrected chi connectivity index (χ0v) is 24.0. The second kappa shape index (κ2) is 30.8. The van der Waals surface area contributed by atoms with E-state index in [4.69, 9.17) is 15.6 Å². The van der Waals surface area contributed by atoms with E-state index >= 15 is 0 Å². The summed E-state index contributed by atoms with van der Waals surface area (Å²) in [5, 5.41) is 9.17. The Morgan fingerprint density at radius 2 is 1.15 bits per heavy atom. The Morgan fingerprint density at radius 1 is 0.788 bits per heavy atom. The molecular formula is C30H61NO2. The van der Waals surface area contributed by atoms with Gasteiger partial charge in [-0.3, -0.25) is 0 Å². The number of carbonyl (C=O) groups excluding carboxylic acids is 1. The van der Waals surface area contributed by atoms with Crippen molar-refractivity contribution in [3.63, 3.8) is 0 Å². The number of nitrogens with two attached hydrogens (primary N) is 1. The third kappa shape index (κ3) is 35.6. The van der Waals surface area contributed by atoms with Crippen molar-refractivity contribution in [2.75, 3.05) is 6.61 Å².